The highest BCUT2D eigenvalue weighted by atomic mass is 32.1. The van der Waals surface area contributed by atoms with Crippen molar-refractivity contribution in [2.45, 2.75) is 6.54 Å². The molecule has 3 heteroatoms. The Morgan fingerprint density at radius 2 is 2.42 bits per heavy atom. The van der Waals surface area contributed by atoms with Crippen molar-refractivity contribution in [3.05, 3.63) is 40.8 Å². The number of aromatic nitrogens is 1. The van der Waals surface area contributed by atoms with Gasteiger partial charge >= 0.3 is 0 Å². The molecular formula is C9H10N2S. The molecule has 0 spiro atoms. The molecule has 0 radical (unpaired) electrons. The molecule has 62 valence electrons. The van der Waals surface area contributed by atoms with E-state index in [1.165, 1.54) is 11.4 Å². The van der Waals surface area contributed by atoms with Gasteiger partial charge in [-0.15, -0.1) is 0 Å². The van der Waals surface area contributed by atoms with Gasteiger partial charge in [0.2, 0.25) is 0 Å². The van der Waals surface area contributed by atoms with Crippen LogP contribution in [0.4, 0.5) is 5.69 Å². The average Bonchev–Trinajstić information content (AvgIpc) is 2.74. The topological polar surface area (TPSA) is 27.8 Å². The monoisotopic (exact) mass is 178 g/mol. The Morgan fingerprint density at radius 1 is 1.42 bits per heavy atom. The molecule has 2 N–H and O–H groups in total. The molecule has 2 nitrogen and oxygen atoms in total. The molecule has 0 saturated heterocycles. The summed E-state index contributed by atoms with van der Waals surface area (Å²) in [6.07, 6.45) is 1.94. The summed E-state index contributed by atoms with van der Waals surface area (Å²) in [4.78, 5) is 3.14. The van der Waals surface area contributed by atoms with Crippen LogP contribution < -0.4 is 5.32 Å². The Bertz CT molecular complexity index is 276. The van der Waals surface area contributed by atoms with Gasteiger partial charge in [-0.1, -0.05) is 0 Å². The fraction of sp³-hybridized carbons (Fsp3) is 0.111. The van der Waals surface area contributed by atoms with Gasteiger partial charge in [-0.25, -0.2) is 0 Å². The third kappa shape index (κ3) is 1.68. The van der Waals surface area contributed by atoms with Crippen LogP contribution >= 0.6 is 11.3 Å². The normalized spacial score (nSPS) is 10.0. The number of nitrogens with one attached hydrogen (secondary N) is 2. The highest BCUT2D eigenvalue weighted by Gasteiger charge is 1.92. The number of aromatic amines is 1. The summed E-state index contributed by atoms with van der Waals surface area (Å²) in [7, 11) is 0. The molecule has 0 bridgehead atoms. The summed E-state index contributed by atoms with van der Waals surface area (Å²) in [6, 6.07) is 6.15. The Kier molecular flexibility index (Phi) is 2.14. The average molecular weight is 178 g/mol. The van der Waals surface area contributed by atoms with Gasteiger partial charge in [0, 0.05) is 23.0 Å². The lowest BCUT2D eigenvalue weighted by Gasteiger charge is -2.00. The number of anilines is 1. The van der Waals surface area contributed by atoms with E-state index in [1.807, 2.05) is 12.3 Å². The second-order valence-electron chi connectivity index (χ2n) is 2.56. The van der Waals surface area contributed by atoms with Crippen molar-refractivity contribution in [3.8, 4) is 0 Å². The quantitative estimate of drug-likeness (QED) is 0.743. The molecule has 0 amide bonds. The molecule has 0 aromatic carbocycles. The fourth-order valence-electron chi connectivity index (χ4n) is 1.04. The Hall–Kier alpha value is -1.22. The SMILES string of the molecule is c1c[nH]c(CNc2ccsc2)c1. The Morgan fingerprint density at radius 3 is 3.08 bits per heavy atom. The van der Waals surface area contributed by atoms with Crippen molar-refractivity contribution >= 4 is 17.0 Å². The van der Waals surface area contributed by atoms with E-state index in [0.717, 1.165) is 6.54 Å². The van der Waals surface area contributed by atoms with Crippen LogP contribution in [0.2, 0.25) is 0 Å². The second kappa shape index (κ2) is 3.45. The highest BCUT2D eigenvalue weighted by Crippen LogP contribution is 2.12. The van der Waals surface area contributed by atoms with Crippen LogP contribution in [0.15, 0.2) is 35.2 Å². The lowest BCUT2D eigenvalue weighted by atomic mass is 10.4. The van der Waals surface area contributed by atoms with Crippen LogP contribution in [0.1, 0.15) is 5.69 Å². The predicted octanol–water partition coefficient (Wildman–Crippen LogP) is 2.69. The molecule has 0 aliphatic heterocycles. The zero-order chi connectivity index (χ0) is 8.23. The maximum atomic E-state index is 3.31. The van der Waals surface area contributed by atoms with Crippen molar-refractivity contribution in [3.63, 3.8) is 0 Å². The summed E-state index contributed by atoms with van der Waals surface area (Å²) in [5.74, 6) is 0. The van der Waals surface area contributed by atoms with Crippen molar-refractivity contribution in [2.24, 2.45) is 0 Å². The minimum Gasteiger partial charge on any atom is -0.379 e. The van der Waals surface area contributed by atoms with Gasteiger partial charge in [-0.05, 0) is 23.6 Å². The van der Waals surface area contributed by atoms with E-state index in [2.05, 4.69) is 33.2 Å². The van der Waals surface area contributed by atoms with Gasteiger partial charge in [0.15, 0.2) is 0 Å². The Labute approximate surface area is 75.3 Å². The summed E-state index contributed by atoms with van der Waals surface area (Å²) in [6.45, 7) is 0.865. The van der Waals surface area contributed by atoms with Gasteiger partial charge in [-0.2, -0.15) is 11.3 Å². The first-order chi connectivity index (χ1) is 5.95. The van der Waals surface area contributed by atoms with Crippen LogP contribution in [0.25, 0.3) is 0 Å². The van der Waals surface area contributed by atoms with E-state index in [-0.39, 0.29) is 0 Å². The zero-order valence-corrected chi connectivity index (χ0v) is 7.40. The number of hydrogen-bond donors (Lipinski definition) is 2. The van der Waals surface area contributed by atoms with Crippen LogP contribution in [0.3, 0.4) is 0 Å². The molecular weight excluding hydrogens is 168 g/mol. The summed E-state index contributed by atoms with van der Waals surface area (Å²) in [5.41, 5.74) is 2.40. The maximum absolute atomic E-state index is 3.31. The van der Waals surface area contributed by atoms with E-state index in [4.69, 9.17) is 0 Å². The third-order valence-electron chi connectivity index (χ3n) is 1.67. The van der Waals surface area contributed by atoms with Crippen molar-refractivity contribution in [1.29, 1.82) is 0 Å². The lowest BCUT2D eigenvalue weighted by molar-refractivity contribution is 1.08. The summed E-state index contributed by atoms with van der Waals surface area (Å²) >= 11 is 1.70. The number of hydrogen-bond acceptors (Lipinski definition) is 2. The van der Waals surface area contributed by atoms with Crippen LogP contribution in [-0.2, 0) is 6.54 Å². The Balaban J connectivity index is 1.91. The zero-order valence-electron chi connectivity index (χ0n) is 6.58. The first-order valence-electron chi connectivity index (χ1n) is 3.83. The molecule has 0 atom stereocenters. The molecule has 2 aromatic heterocycles. The summed E-state index contributed by atoms with van der Waals surface area (Å²) < 4.78 is 0. The summed E-state index contributed by atoms with van der Waals surface area (Å²) in [5, 5.41) is 7.47. The van der Waals surface area contributed by atoms with Crippen LogP contribution in [0, 0.1) is 0 Å². The van der Waals surface area contributed by atoms with E-state index in [0.29, 0.717) is 0 Å². The number of H-pyrrole nitrogens is 1. The fourth-order valence-corrected chi connectivity index (χ4v) is 1.65. The van der Waals surface area contributed by atoms with E-state index < -0.39 is 0 Å². The standard InChI is InChI=1S/C9H10N2S/c1-2-8(10-4-1)6-11-9-3-5-12-7-9/h1-5,7,10-11H,6H2. The molecule has 0 aliphatic carbocycles. The molecule has 0 saturated carbocycles. The van der Waals surface area contributed by atoms with Crippen molar-refractivity contribution in [1.82, 2.24) is 4.98 Å². The number of rotatable bonds is 3. The van der Waals surface area contributed by atoms with Crippen molar-refractivity contribution in [2.75, 3.05) is 5.32 Å². The third-order valence-corrected chi connectivity index (χ3v) is 2.35. The smallest absolute Gasteiger partial charge is 0.0551 e. The molecule has 0 fully saturated rings. The van der Waals surface area contributed by atoms with Gasteiger partial charge in [0.05, 0.1) is 6.54 Å². The first kappa shape index (κ1) is 7.43. The van der Waals surface area contributed by atoms with Crippen LogP contribution in [0.5, 0.6) is 0 Å². The second-order valence-corrected chi connectivity index (χ2v) is 3.34. The molecule has 2 aromatic rings. The lowest BCUT2D eigenvalue weighted by Crippen LogP contribution is -1.97. The highest BCUT2D eigenvalue weighted by molar-refractivity contribution is 7.08. The van der Waals surface area contributed by atoms with Crippen molar-refractivity contribution < 1.29 is 0 Å². The van der Waals surface area contributed by atoms with Crippen LogP contribution in [-0.4, -0.2) is 4.98 Å². The van der Waals surface area contributed by atoms with Gasteiger partial charge in [0.25, 0.3) is 0 Å². The minimum atomic E-state index is 0.865. The van der Waals surface area contributed by atoms with E-state index >= 15 is 0 Å². The molecule has 0 aliphatic rings. The van der Waals surface area contributed by atoms with Gasteiger partial charge in [0.1, 0.15) is 0 Å². The number of thiophene rings is 1. The molecule has 2 heterocycles. The molecule has 2 rings (SSSR count). The maximum Gasteiger partial charge on any atom is 0.0551 e. The first-order valence-corrected chi connectivity index (χ1v) is 4.78. The van der Waals surface area contributed by atoms with E-state index in [1.54, 1.807) is 11.3 Å². The minimum absolute atomic E-state index is 0.865. The van der Waals surface area contributed by atoms with E-state index in [9.17, 15) is 0 Å². The van der Waals surface area contributed by atoms with Gasteiger partial charge in [-0.3, -0.25) is 0 Å². The van der Waals surface area contributed by atoms with Gasteiger partial charge < -0.3 is 10.3 Å². The molecule has 0 unspecified atom stereocenters. The predicted molar refractivity (Wildman–Crippen MR) is 52.4 cm³/mol. The molecule has 12 heavy (non-hydrogen) atoms. The largest absolute Gasteiger partial charge is 0.379 e.